The Morgan fingerprint density at radius 2 is 2.00 bits per heavy atom. The monoisotopic (exact) mass is 398 g/mol. The minimum absolute atomic E-state index is 0. The van der Waals surface area contributed by atoms with Crippen LogP contribution in [0.5, 0.6) is 0 Å². The van der Waals surface area contributed by atoms with Gasteiger partial charge in [-0.1, -0.05) is 18.2 Å². The molecule has 2 aliphatic rings. The van der Waals surface area contributed by atoms with Gasteiger partial charge in [-0.2, -0.15) is 12.6 Å². The second-order valence-electron chi connectivity index (χ2n) is 6.71. The van der Waals surface area contributed by atoms with Crippen LogP contribution in [0.15, 0.2) is 35.9 Å². The van der Waals surface area contributed by atoms with Gasteiger partial charge in [-0.05, 0) is 30.9 Å². The number of ketones is 1. The number of nitrogens with zero attached hydrogens (tertiary/aromatic N) is 1. The summed E-state index contributed by atoms with van der Waals surface area (Å²) in [5, 5.41) is 2.55. The molecule has 1 heterocycles. The maximum absolute atomic E-state index is 14.4. The number of hydrogen-bond acceptors (Lipinski definition) is 4. The highest BCUT2D eigenvalue weighted by Gasteiger charge is 2.40. The standard InChI is InChI=1S/C19H23FN2O2S.ClH/c1-21-17(23)10-13-11-22(9-8-16(13)25)18(19(24)12-6-7-12)14-4-2-3-5-15(14)20;/h2-5,10,12,16,18,25H,6-9,11H2,1H3,(H,21,23);1H/b13-10-;. The number of likely N-dealkylation sites (N-methyl/N-ethyl adjacent to an activating group) is 1. The molecule has 0 aromatic heterocycles. The fraction of sp³-hybridized carbons (Fsp3) is 0.474. The zero-order valence-electron chi connectivity index (χ0n) is 14.7. The summed E-state index contributed by atoms with van der Waals surface area (Å²) in [6, 6.07) is 5.89. The van der Waals surface area contributed by atoms with Crippen molar-refractivity contribution in [2.75, 3.05) is 20.1 Å². The van der Waals surface area contributed by atoms with Crippen molar-refractivity contribution in [2.24, 2.45) is 5.92 Å². The van der Waals surface area contributed by atoms with Crippen molar-refractivity contribution < 1.29 is 14.0 Å². The maximum atomic E-state index is 14.4. The van der Waals surface area contributed by atoms with Crippen LogP contribution in [0.2, 0.25) is 0 Å². The smallest absolute Gasteiger partial charge is 0.243 e. The number of amides is 1. The molecule has 1 aromatic carbocycles. The summed E-state index contributed by atoms with van der Waals surface area (Å²) in [5.41, 5.74) is 1.29. The van der Waals surface area contributed by atoms with Crippen LogP contribution in [-0.4, -0.2) is 42.0 Å². The van der Waals surface area contributed by atoms with Crippen LogP contribution in [0.1, 0.15) is 30.9 Å². The third kappa shape index (κ3) is 4.67. The third-order valence-electron chi connectivity index (χ3n) is 4.88. The molecule has 4 nitrogen and oxygen atoms in total. The van der Waals surface area contributed by atoms with Crippen molar-refractivity contribution in [2.45, 2.75) is 30.6 Å². The van der Waals surface area contributed by atoms with Gasteiger partial charge in [0, 0.05) is 42.9 Å². The van der Waals surface area contributed by atoms with Gasteiger partial charge >= 0.3 is 0 Å². The number of thiol groups is 1. The van der Waals surface area contributed by atoms with Crippen molar-refractivity contribution in [3.05, 3.63) is 47.3 Å². The van der Waals surface area contributed by atoms with Crippen molar-refractivity contribution in [3.63, 3.8) is 0 Å². The number of Topliss-reactive ketones (excluding diaryl/α,β-unsaturated/α-hetero) is 1. The number of piperidine rings is 1. The Morgan fingerprint density at radius 3 is 2.62 bits per heavy atom. The van der Waals surface area contributed by atoms with Gasteiger partial charge in [0.1, 0.15) is 5.82 Å². The van der Waals surface area contributed by atoms with E-state index in [1.54, 1.807) is 31.3 Å². The molecule has 2 fully saturated rings. The van der Waals surface area contributed by atoms with E-state index in [0.29, 0.717) is 18.7 Å². The minimum atomic E-state index is -0.595. The maximum Gasteiger partial charge on any atom is 0.243 e. The van der Waals surface area contributed by atoms with Gasteiger partial charge in [-0.25, -0.2) is 4.39 Å². The van der Waals surface area contributed by atoms with E-state index in [1.165, 1.54) is 6.07 Å². The molecule has 0 radical (unpaired) electrons. The van der Waals surface area contributed by atoms with Crippen LogP contribution in [-0.2, 0) is 9.59 Å². The van der Waals surface area contributed by atoms with E-state index >= 15 is 0 Å². The Labute approximate surface area is 165 Å². The molecule has 2 atom stereocenters. The zero-order valence-corrected chi connectivity index (χ0v) is 16.4. The number of benzene rings is 1. The first-order valence-electron chi connectivity index (χ1n) is 8.63. The molecular weight excluding hydrogens is 375 g/mol. The number of hydrogen-bond donors (Lipinski definition) is 2. The van der Waals surface area contributed by atoms with E-state index in [0.717, 1.165) is 24.8 Å². The third-order valence-corrected chi connectivity index (χ3v) is 5.47. The summed E-state index contributed by atoms with van der Waals surface area (Å²) in [6.45, 7) is 1.09. The molecule has 3 rings (SSSR count). The molecule has 1 amide bonds. The first-order chi connectivity index (χ1) is 12.0. The Kier molecular flexibility index (Phi) is 7.26. The molecule has 1 aromatic rings. The number of rotatable bonds is 5. The predicted molar refractivity (Wildman–Crippen MR) is 105 cm³/mol. The van der Waals surface area contributed by atoms with E-state index < -0.39 is 6.04 Å². The molecular formula is C19H24ClFN2O2S. The summed E-state index contributed by atoms with van der Waals surface area (Å²) >= 11 is 4.56. The highest BCUT2D eigenvalue weighted by molar-refractivity contribution is 7.81. The average Bonchev–Trinajstić information content (AvgIpc) is 3.44. The molecule has 1 aliphatic heterocycles. The zero-order chi connectivity index (χ0) is 18.0. The van der Waals surface area contributed by atoms with E-state index in [2.05, 4.69) is 17.9 Å². The summed E-state index contributed by atoms with van der Waals surface area (Å²) in [6.07, 6.45) is 4.03. The number of carbonyl (C=O) groups excluding carboxylic acids is 2. The van der Waals surface area contributed by atoms with Crippen LogP contribution >= 0.6 is 25.0 Å². The highest BCUT2D eigenvalue weighted by Crippen LogP contribution is 2.39. The summed E-state index contributed by atoms with van der Waals surface area (Å²) in [5.74, 6) is -0.426. The lowest BCUT2D eigenvalue weighted by Gasteiger charge is -2.37. The Balaban J connectivity index is 0.00000243. The van der Waals surface area contributed by atoms with E-state index in [9.17, 15) is 14.0 Å². The number of nitrogens with one attached hydrogen (secondary N) is 1. The van der Waals surface area contributed by atoms with Crippen molar-refractivity contribution in [3.8, 4) is 0 Å². The topological polar surface area (TPSA) is 49.4 Å². The van der Waals surface area contributed by atoms with Gasteiger partial charge in [-0.3, -0.25) is 14.5 Å². The van der Waals surface area contributed by atoms with Gasteiger partial charge in [0.2, 0.25) is 5.91 Å². The van der Waals surface area contributed by atoms with E-state index in [-0.39, 0.29) is 41.1 Å². The van der Waals surface area contributed by atoms with Crippen LogP contribution in [0.4, 0.5) is 4.39 Å². The summed E-state index contributed by atoms with van der Waals surface area (Å²) < 4.78 is 14.4. The molecule has 142 valence electrons. The second kappa shape index (κ2) is 9.02. The van der Waals surface area contributed by atoms with E-state index in [4.69, 9.17) is 0 Å². The van der Waals surface area contributed by atoms with Crippen LogP contribution in [0.25, 0.3) is 0 Å². The van der Waals surface area contributed by atoms with E-state index in [1.807, 2.05) is 4.90 Å². The van der Waals surface area contributed by atoms with Crippen LogP contribution < -0.4 is 5.32 Å². The normalized spacial score (nSPS) is 23.2. The predicted octanol–water partition coefficient (Wildman–Crippen LogP) is 2.94. The quantitative estimate of drug-likeness (QED) is 0.592. The van der Waals surface area contributed by atoms with Gasteiger partial charge in [0.25, 0.3) is 0 Å². The Morgan fingerprint density at radius 1 is 1.31 bits per heavy atom. The Bertz CT molecular complexity index is 709. The van der Waals surface area contributed by atoms with Gasteiger partial charge in [0.15, 0.2) is 5.78 Å². The van der Waals surface area contributed by atoms with Gasteiger partial charge in [-0.15, -0.1) is 12.4 Å². The molecule has 1 saturated carbocycles. The molecule has 0 bridgehead atoms. The van der Waals surface area contributed by atoms with Crippen molar-refractivity contribution >= 4 is 36.7 Å². The van der Waals surface area contributed by atoms with Crippen molar-refractivity contribution in [1.82, 2.24) is 10.2 Å². The first kappa shape index (κ1) is 20.9. The molecule has 2 unspecified atom stereocenters. The molecule has 7 heteroatoms. The second-order valence-corrected chi connectivity index (χ2v) is 7.33. The molecule has 1 aliphatic carbocycles. The van der Waals surface area contributed by atoms with Crippen LogP contribution in [0, 0.1) is 11.7 Å². The molecule has 1 saturated heterocycles. The lowest BCUT2D eigenvalue weighted by atomic mass is 9.93. The molecule has 0 spiro atoms. The SMILES string of the molecule is CNC(=O)/C=C1/CN(C(C(=O)C2CC2)c2ccccc2F)CCC1S.Cl. The minimum Gasteiger partial charge on any atom is -0.356 e. The number of halogens is 2. The summed E-state index contributed by atoms with van der Waals surface area (Å²) in [4.78, 5) is 26.6. The molecule has 26 heavy (non-hydrogen) atoms. The highest BCUT2D eigenvalue weighted by atomic mass is 35.5. The largest absolute Gasteiger partial charge is 0.356 e. The fourth-order valence-corrected chi connectivity index (χ4v) is 3.58. The lowest BCUT2D eigenvalue weighted by molar-refractivity contribution is -0.126. The van der Waals surface area contributed by atoms with Crippen LogP contribution in [0.3, 0.4) is 0 Å². The lowest BCUT2D eigenvalue weighted by Crippen LogP contribution is -2.43. The number of carbonyl (C=O) groups is 2. The fourth-order valence-electron chi connectivity index (χ4n) is 3.31. The first-order valence-corrected chi connectivity index (χ1v) is 9.15. The molecule has 1 N–H and O–H groups in total. The van der Waals surface area contributed by atoms with Gasteiger partial charge < -0.3 is 5.32 Å². The number of likely N-dealkylation sites (tertiary alicyclic amines) is 1. The summed E-state index contributed by atoms with van der Waals surface area (Å²) in [7, 11) is 1.58. The average molecular weight is 399 g/mol. The Hall–Kier alpha value is -1.37. The van der Waals surface area contributed by atoms with Crippen molar-refractivity contribution in [1.29, 1.82) is 0 Å². The van der Waals surface area contributed by atoms with Gasteiger partial charge in [0.05, 0.1) is 6.04 Å².